The number of aryl methyl sites for hydroxylation is 1. The number of hydrogen-bond donors (Lipinski definition) is 1. The monoisotopic (exact) mass is 362 g/mol. The van der Waals surface area contributed by atoms with Gasteiger partial charge >= 0.3 is 0 Å². The Morgan fingerprint density at radius 1 is 1.11 bits per heavy atom. The summed E-state index contributed by atoms with van der Waals surface area (Å²) < 4.78 is 20.8. The molecule has 0 fully saturated rings. The Morgan fingerprint density at radius 3 is 2.78 bits per heavy atom. The van der Waals surface area contributed by atoms with E-state index in [0.29, 0.717) is 23.4 Å². The largest absolute Gasteiger partial charge is 0.463 e. The molecule has 0 atom stereocenters. The maximum absolute atomic E-state index is 13.3. The summed E-state index contributed by atoms with van der Waals surface area (Å²) in [4.78, 5) is 12.8. The lowest BCUT2D eigenvalue weighted by atomic mass is 10.1. The Kier molecular flexibility index (Phi) is 4.50. The maximum atomic E-state index is 13.3. The van der Waals surface area contributed by atoms with Gasteiger partial charge in [-0.15, -0.1) is 0 Å². The van der Waals surface area contributed by atoms with Gasteiger partial charge in [-0.3, -0.25) is 4.79 Å². The lowest BCUT2D eigenvalue weighted by Crippen LogP contribution is -2.25. The van der Waals surface area contributed by atoms with Gasteiger partial charge in [-0.2, -0.15) is 0 Å². The van der Waals surface area contributed by atoms with Crippen LogP contribution in [0.4, 0.5) is 4.39 Å². The van der Waals surface area contributed by atoms with Crippen molar-refractivity contribution in [3.8, 4) is 0 Å². The molecule has 2 aromatic carbocycles. The molecule has 4 nitrogen and oxygen atoms in total. The van der Waals surface area contributed by atoms with Crippen molar-refractivity contribution in [2.24, 2.45) is 0 Å². The van der Waals surface area contributed by atoms with Gasteiger partial charge in [0.05, 0.1) is 11.8 Å². The minimum atomic E-state index is -0.317. The van der Waals surface area contributed by atoms with E-state index in [1.165, 1.54) is 12.1 Å². The molecule has 1 amide bonds. The van der Waals surface area contributed by atoms with Gasteiger partial charge in [0.15, 0.2) is 5.58 Å². The first-order valence-electron chi connectivity index (χ1n) is 8.76. The topological polar surface area (TPSA) is 47.2 Å². The second-order valence-corrected chi connectivity index (χ2v) is 6.52. The summed E-state index contributed by atoms with van der Waals surface area (Å²) in [5.74, 6) is -0.540. The molecule has 2 aromatic heterocycles. The van der Waals surface area contributed by atoms with Gasteiger partial charge in [0.1, 0.15) is 11.5 Å². The van der Waals surface area contributed by atoms with Crippen LogP contribution in [0.5, 0.6) is 0 Å². The second-order valence-electron chi connectivity index (χ2n) is 6.52. The highest BCUT2D eigenvalue weighted by Crippen LogP contribution is 2.23. The highest BCUT2D eigenvalue weighted by molar-refractivity contribution is 5.97. The predicted molar refractivity (Wildman–Crippen MR) is 102 cm³/mol. The normalized spacial score (nSPS) is 11.0. The van der Waals surface area contributed by atoms with E-state index in [9.17, 15) is 9.18 Å². The fourth-order valence-corrected chi connectivity index (χ4v) is 3.21. The van der Waals surface area contributed by atoms with Crippen LogP contribution in [0.1, 0.15) is 27.2 Å². The Morgan fingerprint density at radius 2 is 1.96 bits per heavy atom. The summed E-state index contributed by atoms with van der Waals surface area (Å²) in [6, 6.07) is 17.9. The maximum Gasteiger partial charge on any atom is 0.268 e. The zero-order valence-electron chi connectivity index (χ0n) is 14.9. The molecule has 0 bridgehead atoms. The number of hydrogen-bond acceptors (Lipinski definition) is 2. The van der Waals surface area contributed by atoms with E-state index in [1.54, 1.807) is 24.5 Å². The van der Waals surface area contributed by atoms with Crippen LogP contribution in [0.3, 0.4) is 0 Å². The summed E-state index contributed by atoms with van der Waals surface area (Å²) in [7, 11) is 0. The van der Waals surface area contributed by atoms with Crippen molar-refractivity contribution in [2.45, 2.75) is 20.0 Å². The molecule has 0 spiro atoms. The molecule has 1 N–H and O–H groups in total. The molecule has 5 heteroatoms. The molecule has 0 aliphatic rings. The van der Waals surface area contributed by atoms with Crippen molar-refractivity contribution < 1.29 is 13.6 Å². The van der Waals surface area contributed by atoms with Gasteiger partial charge in [-0.1, -0.05) is 36.4 Å². The molecule has 0 saturated heterocycles. The zero-order chi connectivity index (χ0) is 18.8. The van der Waals surface area contributed by atoms with Gasteiger partial charge in [0.25, 0.3) is 5.91 Å². The van der Waals surface area contributed by atoms with Gasteiger partial charge in [-0.05, 0) is 35.7 Å². The van der Waals surface area contributed by atoms with Gasteiger partial charge in [-0.25, -0.2) is 4.39 Å². The molecule has 0 unspecified atom stereocenters. The standard InChI is InChI=1S/C22H19FN2O2/c1-15-5-2-3-7-17(15)14-25-19-9-10-27-21(19)12-20(25)22(26)24-13-16-6-4-8-18(23)11-16/h2-12H,13-14H2,1H3,(H,24,26). The quantitative estimate of drug-likeness (QED) is 0.561. The lowest BCUT2D eigenvalue weighted by Gasteiger charge is -2.12. The number of rotatable bonds is 5. The third-order valence-corrected chi connectivity index (χ3v) is 4.69. The van der Waals surface area contributed by atoms with Crippen LogP contribution in [0, 0.1) is 12.7 Å². The average molecular weight is 362 g/mol. The predicted octanol–water partition coefficient (Wildman–Crippen LogP) is 4.66. The van der Waals surface area contributed by atoms with Crippen molar-refractivity contribution in [3.05, 3.63) is 95.1 Å². The van der Waals surface area contributed by atoms with Crippen LogP contribution < -0.4 is 5.32 Å². The molecule has 2 heterocycles. The van der Waals surface area contributed by atoms with Crippen LogP contribution in [0.25, 0.3) is 11.1 Å². The number of nitrogens with one attached hydrogen (secondary N) is 1. The number of carbonyl (C=O) groups is 1. The summed E-state index contributed by atoms with van der Waals surface area (Å²) >= 11 is 0. The number of furan rings is 1. The average Bonchev–Trinajstić information content (AvgIpc) is 3.24. The van der Waals surface area contributed by atoms with Crippen molar-refractivity contribution in [2.75, 3.05) is 0 Å². The van der Waals surface area contributed by atoms with E-state index in [4.69, 9.17) is 4.42 Å². The van der Waals surface area contributed by atoms with Gasteiger partial charge in [0, 0.05) is 25.2 Å². The Balaban J connectivity index is 1.62. The highest BCUT2D eigenvalue weighted by atomic mass is 19.1. The number of nitrogens with zero attached hydrogens (tertiary/aromatic N) is 1. The Hall–Kier alpha value is -3.34. The van der Waals surface area contributed by atoms with Gasteiger partial charge in [0.2, 0.25) is 0 Å². The molecule has 4 rings (SSSR count). The van der Waals surface area contributed by atoms with Crippen molar-refractivity contribution in [1.82, 2.24) is 9.88 Å². The first-order valence-corrected chi connectivity index (χ1v) is 8.76. The minimum Gasteiger partial charge on any atom is -0.463 e. The smallest absolute Gasteiger partial charge is 0.268 e. The molecule has 0 radical (unpaired) electrons. The fraction of sp³-hybridized carbons (Fsp3) is 0.136. The van der Waals surface area contributed by atoms with Crippen LogP contribution in [0.15, 0.2) is 71.3 Å². The van der Waals surface area contributed by atoms with Crippen LogP contribution >= 0.6 is 0 Å². The first kappa shape index (κ1) is 17.1. The molecular formula is C22H19FN2O2. The van der Waals surface area contributed by atoms with Crippen LogP contribution in [-0.2, 0) is 13.1 Å². The van der Waals surface area contributed by atoms with Crippen molar-refractivity contribution in [1.29, 1.82) is 0 Å². The Labute approximate surface area is 156 Å². The van der Waals surface area contributed by atoms with Crippen molar-refractivity contribution >= 4 is 17.0 Å². The van der Waals surface area contributed by atoms with Crippen molar-refractivity contribution in [3.63, 3.8) is 0 Å². The van der Waals surface area contributed by atoms with E-state index in [2.05, 4.69) is 24.4 Å². The van der Waals surface area contributed by atoms with Crippen LogP contribution in [-0.4, -0.2) is 10.5 Å². The number of aromatic nitrogens is 1. The molecular weight excluding hydrogens is 343 g/mol. The molecule has 4 aromatic rings. The highest BCUT2D eigenvalue weighted by Gasteiger charge is 2.18. The summed E-state index contributed by atoms with van der Waals surface area (Å²) in [6.07, 6.45) is 1.62. The molecule has 0 aliphatic carbocycles. The number of halogens is 1. The van der Waals surface area contributed by atoms with Gasteiger partial charge < -0.3 is 14.3 Å². The number of benzene rings is 2. The molecule has 0 aliphatic heterocycles. The fourth-order valence-electron chi connectivity index (χ4n) is 3.21. The summed E-state index contributed by atoms with van der Waals surface area (Å²) in [6.45, 7) is 2.88. The number of carbonyl (C=O) groups excluding carboxylic acids is 1. The zero-order valence-corrected chi connectivity index (χ0v) is 14.9. The molecule has 0 saturated carbocycles. The third kappa shape index (κ3) is 3.49. The summed E-state index contributed by atoms with van der Waals surface area (Å²) in [5, 5.41) is 2.87. The van der Waals surface area contributed by atoms with E-state index < -0.39 is 0 Å². The molecule has 136 valence electrons. The minimum absolute atomic E-state index is 0.223. The third-order valence-electron chi connectivity index (χ3n) is 4.69. The molecule has 27 heavy (non-hydrogen) atoms. The van der Waals surface area contributed by atoms with E-state index in [1.807, 2.05) is 22.8 Å². The first-order chi connectivity index (χ1) is 13.1. The second kappa shape index (κ2) is 7.11. The SMILES string of the molecule is Cc1ccccc1Cn1c(C(=O)NCc2cccc(F)c2)cc2occc21. The number of fused-ring (bicyclic) bond motifs is 1. The van der Waals surface area contributed by atoms with E-state index in [0.717, 1.165) is 16.6 Å². The van der Waals surface area contributed by atoms with Crippen LogP contribution in [0.2, 0.25) is 0 Å². The number of amides is 1. The summed E-state index contributed by atoms with van der Waals surface area (Å²) in [5.41, 5.74) is 5.06. The lowest BCUT2D eigenvalue weighted by molar-refractivity contribution is 0.0942. The Bertz CT molecular complexity index is 1110. The van der Waals surface area contributed by atoms with E-state index >= 15 is 0 Å². The van der Waals surface area contributed by atoms with E-state index in [-0.39, 0.29) is 18.3 Å².